The SMILES string of the molecule is c1ccc(Cn2ccnc2Cn2c(CN3CCC[C@@H]4CCc5cccnc5[C@H]43)nc3ccccc32)cc1. The van der Waals surface area contributed by atoms with Crippen molar-refractivity contribution >= 4 is 11.0 Å². The first-order valence-corrected chi connectivity index (χ1v) is 13.5. The standard InChI is InChI=1S/C31H32N6/c1-2-8-23(9-3-1)20-35-19-17-32-28(35)22-37-27-13-5-4-12-26(27)34-29(37)21-36-18-7-11-25-15-14-24-10-6-16-33-30(24)31(25)36/h1-6,8-10,12-13,16-17,19,25,31H,7,11,14-15,18,20-22H2/t25-,31+/m1/s1. The highest BCUT2D eigenvalue weighted by Crippen LogP contribution is 2.43. The molecule has 37 heavy (non-hydrogen) atoms. The number of benzene rings is 2. The molecular weight excluding hydrogens is 456 g/mol. The molecule has 4 heterocycles. The second-order valence-electron chi connectivity index (χ2n) is 10.5. The number of hydrogen-bond acceptors (Lipinski definition) is 4. The number of piperidine rings is 1. The number of fused-ring (bicyclic) bond motifs is 4. The van der Waals surface area contributed by atoms with Gasteiger partial charge in [0.15, 0.2) is 0 Å². The predicted octanol–water partition coefficient (Wildman–Crippen LogP) is 5.62. The molecule has 2 atom stereocenters. The van der Waals surface area contributed by atoms with Gasteiger partial charge in [0, 0.05) is 25.1 Å². The Kier molecular flexibility index (Phi) is 5.82. The highest BCUT2D eigenvalue weighted by atomic mass is 15.2. The molecule has 3 aromatic heterocycles. The first-order chi connectivity index (χ1) is 18.3. The Balaban J connectivity index is 1.23. The fraction of sp³-hybridized carbons (Fsp3) is 0.323. The summed E-state index contributed by atoms with van der Waals surface area (Å²) in [6, 6.07) is 23.8. The van der Waals surface area contributed by atoms with E-state index in [9.17, 15) is 0 Å². The maximum atomic E-state index is 5.16. The molecule has 0 amide bonds. The molecule has 6 heteroatoms. The van der Waals surface area contributed by atoms with Gasteiger partial charge in [0.1, 0.15) is 11.6 Å². The van der Waals surface area contributed by atoms with Gasteiger partial charge in [0.2, 0.25) is 0 Å². The summed E-state index contributed by atoms with van der Waals surface area (Å²) in [4.78, 5) is 17.5. The largest absolute Gasteiger partial charge is 0.329 e. The molecule has 5 aromatic rings. The number of rotatable bonds is 6. The van der Waals surface area contributed by atoms with Crippen molar-refractivity contribution in [3.8, 4) is 0 Å². The number of pyridine rings is 1. The highest BCUT2D eigenvalue weighted by molar-refractivity contribution is 5.76. The molecule has 1 aliphatic carbocycles. The lowest BCUT2D eigenvalue weighted by atomic mass is 9.77. The Morgan fingerprint density at radius 2 is 1.68 bits per heavy atom. The predicted molar refractivity (Wildman–Crippen MR) is 145 cm³/mol. The van der Waals surface area contributed by atoms with Gasteiger partial charge in [0.25, 0.3) is 0 Å². The maximum absolute atomic E-state index is 5.16. The molecule has 2 aromatic carbocycles. The van der Waals surface area contributed by atoms with Crippen LogP contribution in [0.3, 0.4) is 0 Å². The summed E-state index contributed by atoms with van der Waals surface area (Å²) < 4.78 is 4.64. The summed E-state index contributed by atoms with van der Waals surface area (Å²) in [5.41, 5.74) is 6.21. The minimum Gasteiger partial charge on any atom is -0.329 e. The first-order valence-electron chi connectivity index (χ1n) is 13.5. The Morgan fingerprint density at radius 1 is 0.784 bits per heavy atom. The van der Waals surface area contributed by atoms with Gasteiger partial charge in [-0.25, -0.2) is 9.97 Å². The van der Waals surface area contributed by atoms with Crippen molar-refractivity contribution in [1.29, 1.82) is 0 Å². The van der Waals surface area contributed by atoms with Crippen LogP contribution in [0.4, 0.5) is 0 Å². The van der Waals surface area contributed by atoms with Crippen molar-refractivity contribution in [2.24, 2.45) is 5.92 Å². The average molecular weight is 489 g/mol. The van der Waals surface area contributed by atoms with Crippen LogP contribution in [0.15, 0.2) is 85.3 Å². The van der Waals surface area contributed by atoms with E-state index in [4.69, 9.17) is 15.0 Å². The van der Waals surface area contributed by atoms with Crippen molar-refractivity contribution in [1.82, 2.24) is 29.0 Å². The van der Waals surface area contributed by atoms with E-state index in [-0.39, 0.29) is 0 Å². The fourth-order valence-electron chi connectivity index (χ4n) is 6.46. The third-order valence-electron chi connectivity index (χ3n) is 8.23. The molecular formula is C31H32N6. The van der Waals surface area contributed by atoms with Crippen molar-refractivity contribution < 1.29 is 0 Å². The van der Waals surface area contributed by atoms with Crippen LogP contribution in [-0.4, -0.2) is 35.5 Å². The number of hydrogen-bond donors (Lipinski definition) is 0. The van der Waals surface area contributed by atoms with Gasteiger partial charge in [-0.3, -0.25) is 9.88 Å². The van der Waals surface area contributed by atoms with Crippen molar-refractivity contribution in [3.63, 3.8) is 0 Å². The van der Waals surface area contributed by atoms with Crippen LogP contribution in [0, 0.1) is 5.92 Å². The van der Waals surface area contributed by atoms with E-state index < -0.39 is 0 Å². The van der Waals surface area contributed by atoms with E-state index in [0.29, 0.717) is 18.5 Å². The third kappa shape index (κ3) is 4.25. The number of likely N-dealkylation sites (tertiary alicyclic amines) is 1. The van der Waals surface area contributed by atoms with Crippen molar-refractivity contribution in [2.75, 3.05) is 6.54 Å². The Hall–Kier alpha value is -3.77. The van der Waals surface area contributed by atoms with Crippen LogP contribution in [-0.2, 0) is 26.1 Å². The number of aromatic nitrogens is 5. The lowest BCUT2D eigenvalue weighted by Crippen LogP contribution is -2.42. The van der Waals surface area contributed by atoms with Gasteiger partial charge in [-0.15, -0.1) is 0 Å². The zero-order chi connectivity index (χ0) is 24.6. The van der Waals surface area contributed by atoms with Crippen LogP contribution >= 0.6 is 0 Å². The van der Waals surface area contributed by atoms with E-state index in [1.54, 1.807) is 0 Å². The van der Waals surface area contributed by atoms with Gasteiger partial charge in [-0.1, -0.05) is 48.5 Å². The number of para-hydroxylation sites is 2. The Bertz CT molecular complexity index is 1520. The molecule has 2 aliphatic rings. The van der Waals surface area contributed by atoms with Crippen LogP contribution in [0.25, 0.3) is 11.0 Å². The summed E-state index contributed by atoms with van der Waals surface area (Å²) in [5, 5.41) is 0. The molecule has 1 aliphatic heterocycles. The van der Waals surface area contributed by atoms with E-state index in [1.165, 1.54) is 41.6 Å². The van der Waals surface area contributed by atoms with Gasteiger partial charge in [-0.05, 0) is 67.5 Å². The van der Waals surface area contributed by atoms with E-state index in [2.05, 4.69) is 87.0 Å². The zero-order valence-electron chi connectivity index (χ0n) is 21.1. The molecule has 6 nitrogen and oxygen atoms in total. The summed E-state index contributed by atoms with van der Waals surface area (Å²) in [5.74, 6) is 2.84. The number of aryl methyl sites for hydroxylation is 1. The second kappa shape index (κ2) is 9.60. The van der Waals surface area contributed by atoms with Crippen LogP contribution in [0.1, 0.15) is 53.8 Å². The molecule has 1 saturated heterocycles. The minimum atomic E-state index is 0.382. The topological polar surface area (TPSA) is 51.8 Å². The average Bonchev–Trinajstić information content (AvgIpc) is 3.53. The van der Waals surface area contributed by atoms with Gasteiger partial charge < -0.3 is 9.13 Å². The van der Waals surface area contributed by atoms with Gasteiger partial charge >= 0.3 is 0 Å². The molecule has 0 spiro atoms. The van der Waals surface area contributed by atoms with E-state index in [0.717, 1.165) is 43.2 Å². The van der Waals surface area contributed by atoms with E-state index in [1.807, 2.05) is 12.4 Å². The summed E-state index contributed by atoms with van der Waals surface area (Å²) in [6.07, 6.45) is 10.9. The summed E-state index contributed by atoms with van der Waals surface area (Å²) >= 11 is 0. The van der Waals surface area contributed by atoms with Crippen molar-refractivity contribution in [2.45, 2.75) is 51.4 Å². The second-order valence-corrected chi connectivity index (χ2v) is 10.5. The number of imidazole rings is 2. The summed E-state index contributed by atoms with van der Waals surface area (Å²) in [6.45, 7) is 3.43. The maximum Gasteiger partial charge on any atom is 0.129 e. The van der Waals surface area contributed by atoms with Crippen LogP contribution < -0.4 is 0 Å². The monoisotopic (exact) mass is 488 g/mol. The molecule has 0 saturated carbocycles. The molecule has 0 radical (unpaired) electrons. The molecule has 0 bridgehead atoms. The Labute approximate surface area is 217 Å². The van der Waals surface area contributed by atoms with Gasteiger partial charge in [0.05, 0.1) is 35.9 Å². The lowest BCUT2D eigenvalue weighted by molar-refractivity contribution is 0.0665. The highest BCUT2D eigenvalue weighted by Gasteiger charge is 2.38. The smallest absolute Gasteiger partial charge is 0.129 e. The fourth-order valence-corrected chi connectivity index (χ4v) is 6.46. The first kappa shape index (κ1) is 22.4. The minimum absolute atomic E-state index is 0.382. The quantitative estimate of drug-likeness (QED) is 0.311. The third-order valence-corrected chi connectivity index (χ3v) is 8.23. The molecule has 0 unspecified atom stereocenters. The number of nitrogens with zero attached hydrogens (tertiary/aromatic N) is 6. The van der Waals surface area contributed by atoms with Crippen molar-refractivity contribution in [3.05, 3.63) is 114 Å². The lowest BCUT2D eigenvalue weighted by Gasteiger charge is -2.44. The molecule has 1 fully saturated rings. The van der Waals surface area contributed by atoms with Crippen LogP contribution in [0.5, 0.6) is 0 Å². The molecule has 0 N–H and O–H groups in total. The van der Waals surface area contributed by atoms with Gasteiger partial charge in [-0.2, -0.15) is 0 Å². The summed E-state index contributed by atoms with van der Waals surface area (Å²) in [7, 11) is 0. The molecule has 186 valence electrons. The zero-order valence-corrected chi connectivity index (χ0v) is 21.1. The molecule has 7 rings (SSSR count). The van der Waals surface area contributed by atoms with Crippen LogP contribution in [0.2, 0.25) is 0 Å². The normalized spacial score (nSPS) is 19.6. The Morgan fingerprint density at radius 3 is 2.62 bits per heavy atom. The van der Waals surface area contributed by atoms with E-state index >= 15 is 0 Å².